The van der Waals surface area contributed by atoms with Crippen molar-refractivity contribution in [3.63, 3.8) is 0 Å². The molecule has 152 valence electrons. The van der Waals surface area contributed by atoms with Gasteiger partial charge >= 0.3 is 5.97 Å². The molecule has 1 heterocycles. The van der Waals surface area contributed by atoms with Crippen LogP contribution in [0, 0.1) is 0 Å². The first-order valence-electron chi connectivity index (χ1n) is 8.72. The van der Waals surface area contributed by atoms with Crippen molar-refractivity contribution in [3.8, 4) is 0 Å². The summed E-state index contributed by atoms with van der Waals surface area (Å²) in [5.74, 6) is -1.60. The molecule has 0 aromatic heterocycles. The molecule has 3 rings (SSSR count). The summed E-state index contributed by atoms with van der Waals surface area (Å²) in [6.45, 7) is 1.20. The molecule has 1 saturated heterocycles. The number of carbonyl (C=O) groups is 2. The van der Waals surface area contributed by atoms with Gasteiger partial charge in [0.2, 0.25) is 10.0 Å². The van der Waals surface area contributed by atoms with Crippen LogP contribution < -0.4 is 5.43 Å². The lowest BCUT2D eigenvalue weighted by molar-refractivity contribution is 0.0696. The van der Waals surface area contributed by atoms with E-state index >= 15 is 0 Å². The summed E-state index contributed by atoms with van der Waals surface area (Å²) in [5, 5.41) is 12.7. The molecule has 0 aliphatic carbocycles. The Morgan fingerprint density at radius 1 is 1.07 bits per heavy atom. The standard InChI is InChI=1S/C19H19N3O6S/c23-18(21-20-13-14-4-6-15(7-5-14)19(24)25)16-2-1-3-17(12-16)29(26,27)22-8-10-28-11-9-22/h1-7,12-13H,8-11H2,(H,21,23)(H,24,25)/b20-13-. The number of benzene rings is 2. The monoisotopic (exact) mass is 417 g/mol. The van der Waals surface area contributed by atoms with Gasteiger partial charge in [-0.25, -0.2) is 18.6 Å². The van der Waals surface area contributed by atoms with Crippen LogP contribution in [-0.2, 0) is 14.8 Å². The van der Waals surface area contributed by atoms with E-state index in [9.17, 15) is 18.0 Å². The Hall–Kier alpha value is -3.08. The van der Waals surface area contributed by atoms with Gasteiger partial charge in [0.1, 0.15) is 0 Å². The first-order valence-corrected chi connectivity index (χ1v) is 10.2. The molecular formula is C19H19N3O6S. The van der Waals surface area contributed by atoms with Gasteiger partial charge in [0, 0.05) is 18.7 Å². The second-order valence-corrected chi connectivity index (χ2v) is 8.11. The molecule has 1 aliphatic rings. The maximum absolute atomic E-state index is 12.7. The average Bonchev–Trinajstić information content (AvgIpc) is 2.74. The summed E-state index contributed by atoms with van der Waals surface area (Å²) in [7, 11) is -3.71. The summed E-state index contributed by atoms with van der Waals surface area (Å²) < 4.78 is 31.9. The fourth-order valence-electron chi connectivity index (χ4n) is 2.68. The zero-order valence-corrected chi connectivity index (χ0v) is 16.1. The number of carbonyl (C=O) groups excluding carboxylic acids is 1. The Balaban J connectivity index is 1.68. The number of sulfonamides is 1. The van der Waals surface area contributed by atoms with Crippen LogP contribution in [0.4, 0.5) is 0 Å². The third-order valence-corrected chi connectivity index (χ3v) is 6.14. The molecule has 9 nitrogen and oxygen atoms in total. The van der Waals surface area contributed by atoms with E-state index in [1.165, 1.54) is 46.9 Å². The van der Waals surface area contributed by atoms with Gasteiger partial charge in [-0.1, -0.05) is 18.2 Å². The number of carboxylic acid groups (broad SMARTS) is 1. The second kappa shape index (κ2) is 8.95. The predicted octanol–water partition coefficient (Wildman–Crippen LogP) is 1.17. The third kappa shape index (κ3) is 5.05. The van der Waals surface area contributed by atoms with Gasteiger partial charge in [-0.15, -0.1) is 0 Å². The summed E-state index contributed by atoms with van der Waals surface area (Å²) in [6.07, 6.45) is 1.36. The minimum atomic E-state index is -3.71. The number of hydrogen-bond acceptors (Lipinski definition) is 6. The quantitative estimate of drug-likeness (QED) is 0.537. The molecule has 1 fully saturated rings. The van der Waals surface area contributed by atoms with E-state index in [4.69, 9.17) is 9.84 Å². The molecule has 0 saturated carbocycles. The highest BCUT2D eigenvalue weighted by atomic mass is 32.2. The average molecular weight is 417 g/mol. The number of carboxylic acids is 1. The van der Waals surface area contributed by atoms with Crippen molar-refractivity contribution in [1.82, 2.24) is 9.73 Å². The number of ether oxygens (including phenoxy) is 1. The van der Waals surface area contributed by atoms with Crippen molar-refractivity contribution in [1.29, 1.82) is 0 Å². The van der Waals surface area contributed by atoms with Gasteiger partial charge in [0.05, 0.1) is 29.9 Å². The van der Waals surface area contributed by atoms with Gasteiger partial charge in [0.15, 0.2) is 0 Å². The molecule has 1 amide bonds. The van der Waals surface area contributed by atoms with Gasteiger partial charge in [-0.2, -0.15) is 9.41 Å². The Kier molecular flexibility index (Phi) is 6.37. The summed E-state index contributed by atoms with van der Waals surface area (Å²) >= 11 is 0. The number of amides is 1. The minimum Gasteiger partial charge on any atom is -0.478 e. The zero-order valence-electron chi connectivity index (χ0n) is 15.3. The van der Waals surface area contributed by atoms with Crippen LogP contribution in [0.1, 0.15) is 26.3 Å². The van der Waals surface area contributed by atoms with E-state index in [-0.39, 0.29) is 29.1 Å². The summed E-state index contributed by atoms with van der Waals surface area (Å²) in [4.78, 5) is 23.2. The molecule has 0 bridgehead atoms. The number of aromatic carboxylic acids is 1. The van der Waals surface area contributed by atoms with Crippen LogP contribution in [0.15, 0.2) is 58.5 Å². The molecule has 0 radical (unpaired) electrons. The van der Waals surface area contributed by atoms with Crippen molar-refractivity contribution < 1.29 is 27.9 Å². The lowest BCUT2D eigenvalue weighted by Crippen LogP contribution is -2.40. The Labute approximate surface area is 167 Å². The fourth-order valence-corrected chi connectivity index (χ4v) is 4.13. The normalized spacial score (nSPS) is 15.3. The van der Waals surface area contributed by atoms with Crippen LogP contribution in [0.2, 0.25) is 0 Å². The largest absolute Gasteiger partial charge is 0.478 e. The maximum atomic E-state index is 12.7. The molecule has 2 N–H and O–H groups in total. The van der Waals surface area contributed by atoms with E-state index < -0.39 is 21.9 Å². The van der Waals surface area contributed by atoms with Crippen molar-refractivity contribution >= 4 is 28.1 Å². The Morgan fingerprint density at radius 2 is 1.76 bits per heavy atom. The fraction of sp³-hybridized carbons (Fsp3) is 0.211. The molecule has 2 aromatic carbocycles. The van der Waals surface area contributed by atoms with Crippen molar-refractivity contribution in [3.05, 3.63) is 65.2 Å². The van der Waals surface area contributed by atoms with Gasteiger partial charge in [0.25, 0.3) is 5.91 Å². The third-order valence-electron chi connectivity index (χ3n) is 4.24. The molecule has 0 atom stereocenters. The Morgan fingerprint density at radius 3 is 2.41 bits per heavy atom. The topological polar surface area (TPSA) is 125 Å². The first-order chi connectivity index (χ1) is 13.9. The SMILES string of the molecule is O=C(O)c1ccc(/C=N\NC(=O)c2cccc(S(=O)(=O)N3CCOCC3)c2)cc1. The molecule has 0 unspecified atom stereocenters. The van der Waals surface area contributed by atoms with E-state index in [2.05, 4.69) is 10.5 Å². The number of hydrazone groups is 1. The molecule has 29 heavy (non-hydrogen) atoms. The van der Waals surface area contributed by atoms with Crippen LogP contribution in [0.5, 0.6) is 0 Å². The van der Waals surface area contributed by atoms with Gasteiger partial charge in [-0.05, 0) is 35.9 Å². The smallest absolute Gasteiger partial charge is 0.335 e. The first kappa shape index (κ1) is 20.6. The molecule has 1 aliphatic heterocycles. The maximum Gasteiger partial charge on any atom is 0.335 e. The number of hydrogen-bond donors (Lipinski definition) is 2. The van der Waals surface area contributed by atoms with Gasteiger partial charge < -0.3 is 9.84 Å². The highest BCUT2D eigenvalue weighted by Crippen LogP contribution is 2.18. The second-order valence-electron chi connectivity index (χ2n) is 6.17. The molecule has 0 spiro atoms. The summed E-state index contributed by atoms with van der Waals surface area (Å²) in [5.41, 5.74) is 3.22. The zero-order chi connectivity index (χ0) is 20.9. The van der Waals surface area contributed by atoms with E-state index in [0.29, 0.717) is 18.8 Å². The number of nitrogens with zero attached hydrogens (tertiary/aromatic N) is 2. The van der Waals surface area contributed by atoms with E-state index in [1.54, 1.807) is 12.1 Å². The highest BCUT2D eigenvalue weighted by Gasteiger charge is 2.26. The minimum absolute atomic E-state index is 0.0280. The molecular weight excluding hydrogens is 398 g/mol. The summed E-state index contributed by atoms with van der Waals surface area (Å²) in [6, 6.07) is 11.7. The van der Waals surface area contributed by atoms with E-state index in [0.717, 1.165) is 0 Å². The van der Waals surface area contributed by atoms with Crippen molar-refractivity contribution in [2.45, 2.75) is 4.90 Å². The van der Waals surface area contributed by atoms with Crippen LogP contribution in [-0.4, -0.2) is 62.2 Å². The molecule has 10 heteroatoms. The van der Waals surface area contributed by atoms with Crippen LogP contribution >= 0.6 is 0 Å². The van der Waals surface area contributed by atoms with Crippen LogP contribution in [0.25, 0.3) is 0 Å². The lowest BCUT2D eigenvalue weighted by atomic mass is 10.1. The van der Waals surface area contributed by atoms with Crippen molar-refractivity contribution in [2.75, 3.05) is 26.3 Å². The number of rotatable bonds is 6. The van der Waals surface area contributed by atoms with Crippen molar-refractivity contribution in [2.24, 2.45) is 5.10 Å². The Bertz CT molecular complexity index is 1030. The van der Waals surface area contributed by atoms with Gasteiger partial charge in [-0.3, -0.25) is 4.79 Å². The lowest BCUT2D eigenvalue weighted by Gasteiger charge is -2.26. The number of morpholine rings is 1. The predicted molar refractivity (Wildman–Crippen MR) is 104 cm³/mol. The van der Waals surface area contributed by atoms with E-state index in [1.807, 2.05) is 0 Å². The molecule has 2 aromatic rings. The number of nitrogens with one attached hydrogen (secondary N) is 1. The highest BCUT2D eigenvalue weighted by molar-refractivity contribution is 7.89. The van der Waals surface area contributed by atoms with Crippen LogP contribution in [0.3, 0.4) is 0 Å².